The van der Waals surface area contributed by atoms with Gasteiger partial charge in [0.25, 0.3) is 0 Å². The van der Waals surface area contributed by atoms with E-state index in [-0.39, 0.29) is 0 Å². The van der Waals surface area contributed by atoms with Gasteiger partial charge in [-0.2, -0.15) is 5.10 Å². The van der Waals surface area contributed by atoms with E-state index in [1.807, 2.05) is 23.1 Å². The van der Waals surface area contributed by atoms with Gasteiger partial charge in [-0.3, -0.25) is 4.68 Å². The molecule has 0 bridgehead atoms. The fraction of sp³-hybridized carbons (Fsp3) is 0.400. The number of para-hydroxylation sites is 1. The Hall–Kier alpha value is -1.81. The summed E-state index contributed by atoms with van der Waals surface area (Å²) in [6.07, 6.45) is 4.91. The summed E-state index contributed by atoms with van der Waals surface area (Å²) >= 11 is 0. The molecular weight excluding hydrogens is 236 g/mol. The second-order valence-corrected chi connectivity index (χ2v) is 5.05. The number of nitrogens with zero attached hydrogens (tertiary/aromatic N) is 3. The Morgan fingerprint density at radius 3 is 2.89 bits per heavy atom. The van der Waals surface area contributed by atoms with E-state index in [1.54, 1.807) is 0 Å². The Kier molecular flexibility index (Phi) is 3.51. The molecule has 2 aromatic rings. The molecule has 2 heterocycles. The van der Waals surface area contributed by atoms with Crippen LogP contribution in [0.25, 0.3) is 0 Å². The maximum atomic E-state index is 5.73. The fourth-order valence-corrected chi connectivity index (χ4v) is 2.90. The zero-order valence-corrected chi connectivity index (χ0v) is 11.1. The number of benzene rings is 1. The molecule has 0 fully saturated rings. The zero-order chi connectivity index (χ0) is 13.1. The second-order valence-electron chi connectivity index (χ2n) is 5.05. The smallest absolute Gasteiger partial charge is 0.0584 e. The third kappa shape index (κ3) is 2.49. The molecule has 1 aliphatic rings. The van der Waals surface area contributed by atoms with Gasteiger partial charge >= 0.3 is 0 Å². The minimum Gasteiger partial charge on any atom is -0.369 e. The standard InChI is InChI=1S/C15H20N4/c16-7-6-13-12-18(10-11-19-9-3-8-17-19)15-5-2-1-4-14(13)15/h1-5,8-9,13H,6-7,10-12,16H2. The predicted molar refractivity (Wildman–Crippen MR) is 77.3 cm³/mol. The van der Waals surface area contributed by atoms with E-state index in [4.69, 9.17) is 5.73 Å². The molecule has 3 rings (SSSR count). The Balaban J connectivity index is 1.73. The number of hydrogen-bond acceptors (Lipinski definition) is 3. The van der Waals surface area contributed by atoms with Gasteiger partial charge in [-0.15, -0.1) is 0 Å². The monoisotopic (exact) mass is 256 g/mol. The molecule has 0 radical (unpaired) electrons. The number of rotatable bonds is 5. The summed E-state index contributed by atoms with van der Waals surface area (Å²) in [6.45, 7) is 3.76. The van der Waals surface area contributed by atoms with E-state index < -0.39 is 0 Å². The summed E-state index contributed by atoms with van der Waals surface area (Å²) in [7, 11) is 0. The van der Waals surface area contributed by atoms with Crippen molar-refractivity contribution in [1.29, 1.82) is 0 Å². The van der Waals surface area contributed by atoms with Crippen LogP contribution in [-0.2, 0) is 6.54 Å². The van der Waals surface area contributed by atoms with Crippen molar-refractivity contribution < 1.29 is 0 Å². The average Bonchev–Trinajstić information content (AvgIpc) is 3.06. The highest BCUT2D eigenvalue weighted by Crippen LogP contribution is 2.37. The summed E-state index contributed by atoms with van der Waals surface area (Å²) in [4.78, 5) is 2.46. The van der Waals surface area contributed by atoms with Gasteiger partial charge in [-0.05, 0) is 30.7 Å². The molecule has 1 aromatic carbocycles. The summed E-state index contributed by atoms with van der Waals surface area (Å²) in [5.74, 6) is 0.582. The minimum absolute atomic E-state index is 0.582. The first-order chi connectivity index (χ1) is 9.38. The molecule has 0 amide bonds. The lowest BCUT2D eigenvalue weighted by Gasteiger charge is -2.19. The highest BCUT2D eigenvalue weighted by Gasteiger charge is 2.27. The molecule has 4 heteroatoms. The van der Waals surface area contributed by atoms with Gasteiger partial charge in [0.1, 0.15) is 0 Å². The Bertz CT molecular complexity index is 521. The molecule has 4 nitrogen and oxygen atoms in total. The van der Waals surface area contributed by atoms with E-state index in [9.17, 15) is 0 Å². The minimum atomic E-state index is 0.582. The molecule has 2 N–H and O–H groups in total. The molecule has 0 saturated carbocycles. The normalized spacial score (nSPS) is 17.7. The van der Waals surface area contributed by atoms with Crippen molar-refractivity contribution in [1.82, 2.24) is 9.78 Å². The first-order valence-corrected chi connectivity index (χ1v) is 6.90. The van der Waals surface area contributed by atoms with Crippen LogP contribution >= 0.6 is 0 Å². The van der Waals surface area contributed by atoms with Crippen LogP contribution in [0, 0.1) is 0 Å². The van der Waals surface area contributed by atoms with Gasteiger partial charge in [0.05, 0.1) is 6.54 Å². The number of fused-ring (bicyclic) bond motifs is 1. The predicted octanol–water partition coefficient (Wildman–Crippen LogP) is 1.84. The SMILES string of the molecule is NCCC1CN(CCn2cccn2)c2ccccc21. The molecule has 1 unspecified atom stereocenters. The van der Waals surface area contributed by atoms with Gasteiger partial charge in [0.15, 0.2) is 0 Å². The first-order valence-electron chi connectivity index (χ1n) is 6.90. The van der Waals surface area contributed by atoms with Crippen LogP contribution in [0.5, 0.6) is 0 Å². The van der Waals surface area contributed by atoms with E-state index in [0.717, 1.165) is 32.6 Å². The Morgan fingerprint density at radius 1 is 1.21 bits per heavy atom. The van der Waals surface area contributed by atoms with Gasteiger partial charge < -0.3 is 10.6 Å². The number of nitrogens with two attached hydrogens (primary N) is 1. The van der Waals surface area contributed by atoms with Crippen molar-refractivity contribution in [2.75, 3.05) is 24.5 Å². The first kappa shape index (κ1) is 12.2. The molecular formula is C15H20N4. The highest BCUT2D eigenvalue weighted by molar-refractivity contribution is 5.60. The Labute approximate surface area is 113 Å². The summed E-state index contributed by atoms with van der Waals surface area (Å²) < 4.78 is 1.98. The van der Waals surface area contributed by atoms with Crippen LogP contribution in [-0.4, -0.2) is 29.4 Å². The Morgan fingerprint density at radius 2 is 2.11 bits per heavy atom. The third-order valence-electron chi connectivity index (χ3n) is 3.83. The average molecular weight is 256 g/mol. The van der Waals surface area contributed by atoms with Gasteiger partial charge in [-0.1, -0.05) is 18.2 Å². The molecule has 0 spiro atoms. The van der Waals surface area contributed by atoms with E-state index in [0.29, 0.717) is 5.92 Å². The van der Waals surface area contributed by atoms with Crippen molar-refractivity contribution >= 4 is 5.69 Å². The maximum absolute atomic E-state index is 5.73. The number of aromatic nitrogens is 2. The van der Waals surface area contributed by atoms with E-state index in [1.165, 1.54) is 11.3 Å². The van der Waals surface area contributed by atoms with Crippen molar-refractivity contribution in [3.8, 4) is 0 Å². The molecule has 100 valence electrons. The van der Waals surface area contributed by atoms with Crippen LogP contribution in [0.1, 0.15) is 17.9 Å². The molecule has 19 heavy (non-hydrogen) atoms. The van der Waals surface area contributed by atoms with Gasteiger partial charge in [0.2, 0.25) is 0 Å². The van der Waals surface area contributed by atoms with Crippen LogP contribution in [0.3, 0.4) is 0 Å². The number of anilines is 1. The molecule has 0 saturated heterocycles. The van der Waals surface area contributed by atoms with Crippen molar-refractivity contribution in [2.24, 2.45) is 5.73 Å². The molecule has 1 aliphatic heterocycles. The number of hydrogen-bond donors (Lipinski definition) is 1. The summed E-state index contributed by atoms with van der Waals surface area (Å²) in [5, 5.41) is 4.26. The maximum Gasteiger partial charge on any atom is 0.0584 e. The van der Waals surface area contributed by atoms with Gasteiger partial charge in [0, 0.05) is 37.1 Å². The van der Waals surface area contributed by atoms with Crippen LogP contribution in [0.2, 0.25) is 0 Å². The summed E-state index contributed by atoms with van der Waals surface area (Å²) in [5.41, 5.74) is 8.55. The van der Waals surface area contributed by atoms with Crippen LogP contribution in [0.4, 0.5) is 5.69 Å². The molecule has 1 aromatic heterocycles. The highest BCUT2D eigenvalue weighted by atomic mass is 15.3. The lowest BCUT2D eigenvalue weighted by molar-refractivity contribution is 0.580. The zero-order valence-electron chi connectivity index (χ0n) is 11.1. The second kappa shape index (κ2) is 5.45. The largest absolute Gasteiger partial charge is 0.369 e. The van der Waals surface area contributed by atoms with Crippen LogP contribution < -0.4 is 10.6 Å². The van der Waals surface area contributed by atoms with Crippen molar-refractivity contribution in [3.63, 3.8) is 0 Å². The lowest BCUT2D eigenvalue weighted by Crippen LogP contribution is -2.27. The lowest BCUT2D eigenvalue weighted by atomic mass is 9.98. The van der Waals surface area contributed by atoms with E-state index >= 15 is 0 Å². The van der Waals surface area contributed by atoms with Crippen molar-refractivity contribution in [3.05, 3.63) is 48.3 Å². The van der Waals surface area contributed by atoms with Crippen molar-refractivity contribution in [2.45, 2.75) is 18.9 Å². The summed E-state index contributed by atoms with van der Waals surface area (Å²) in [6, 6.07) is 10.7. The van der Waals surface area contributed by atoms with Crippen LogP contribution in [0.15, 0.2) is 42.7 Å². The topological polar surface area (TPSA) is 47.1 Å². The quantitative estimate of drug-likeness (QED) is 0.888. The third-order valence-corrected chi connectivity index (χ3v) is 3.83. The van der Waals surface area contributed by atoms with Gasteiger partial charge in [-0.25, -0.2) is 0 Å². The van der Waals surface area contributed by atoms with E-state index in [2.05, 4.69) is 34.3 Å². The molecule has 0 aliphatic carbocycles. The molecule has 1 atom stereocenters. The fourth-order valence-electron chi connectivity index (χ4n) is 2.90.